The van der Waals surface area contributed by atoms with Gasteiger partial charge in [0.15, 0.2) is 0 Å². The highest BCUT2D eigenvalue weighted by atomic mass is 16.3. The lowest BCUT2D eigenvalue weighted by atomic mass is 9.81. The average molecular weight is 322 g/mol. The standard InChI is InChI=1S/C20H34O3/c1-13(2)17-8-7-15(4)19(22)9-6-14(3)10-18(21)11-16(5)20(23)12-17/h14-17,20,23H,1,6-12H2,2-5H3. The Balaban J connectivity index is 2.83. The fourth-order valence-electron chi connectivity index (χ4n) is 3.41. The predicted molar refractivity (Wildman–Crippen MR) is 94.1 cm³/mol. The van der Waals surface area contributed by atoms with Crippen LogP contribution in [0.3, 0.4) is 0 Å². The minimum Gasteiger partial charge on any atom is -0.393 e. The summed E-state index contributed by atoms with van der Waals surface area (Å²) in [5.74, 6) is 1.01. The molecule has 0 radical (unpaired) electrons. The van der Waals surface area contributed by atoms with Crippen LogP contribution in [0.4, 0.5) is 0 Å². The van der Waals surface area contributed by atoms with Crippen molar-refractivity contribution in [3.63, 3.8) is 0 Å². The van der Waals surface area contributed by atoms with Gasteiger partial charge in [-0.3, -0.25) is 9.59 Å². The zero-order valence-corrected chi connectivity index (χ0v) is 15.3. The number of aliphatic hydroxyl groups excluding tert-OH is 1. The van der Waals surface area contributed by atoms with Gasteiger partial charge in [0, 0.05) is 25.2 Å². The number of allylic oxidation sites excluding steroid dienone is 1. The van der Waals surface area contributed by atoms with Gasteiger partial charge < -0.3 is 5.11 Å². The summed E-state index contributed by atoms with van der Waals surface area (Å²) in [5.41, 5.74) is 1.06. The number of aliphatic hydroxyl groups is 1. The minimum atomic E-state index is -0.482. The molecular weight excluding hydrogens is 288 g/mol. The quantitative estimate of drug-likeness (QED) is 0.731. The largest absolute Gasteiger partial charge is 0.393 e. The van der Waals surface area contributed by atoms with Gasteiger partial charge in [0.05, 0.1) is 6.10 Å². The number of carbonyl (C=O) groups is 2. The van der Waals surface area contributed by atoms with E-state index in [0.29, 0.717) is 31.5 Å². The highest BCUT2D eigenvalue weighted by molar-refractivity contribution is 5.81. The second-order valence-electron chi connectivity index (χ2n) is 7.86. The molecule has 132 valence electrons. The Morgan fingerprint density at radius 3 is 2.35 bits per heavy atom. The minimum absolute atomic E-state index is 0.0152. The molecule has 1 rings (SSSR count). The molecule has 0 aromatic carbocycles. The van der Waals surface area contributed by atoms with Crippen molar-refractivity contribution in [2.24, 2.45) is 23.7 Å². The highest BCUT2D eigenvalue weighted by Crippen LogP contribution is 2.28. The van der Waals surface area contributed by atoms with Crippen molar-refractivity contribution in [3.8, 4) is 0 Å². The van der Waals surface area contributed by atoms with Crippen LogP contribution in [0, 0.1) is 23.7 Å². The van der Waals surface area contributed by atoms with Crippen molar-refractivity contribution in [1.29, 1.82) is 0 Å². The molecule has 0 aliphatic heterocycles. The Labute approximate surface area is 141 Å². The van der Waals surface area contributed by atoms with Crippen LogP contribution in [0.5, 0.6) is 0 Å². The van der Waals surface area contributed by atoms with Gasteiger partial charge in [-0.2, -0.15) is 0 Å². The van der Waals surface area contributed by atoms with Crippen LogP contribution >= 0.6 is 0 Å². The highest BCUT2D eigenvalue weighted by Gasteiger charge is 2.25. The molecule has 0 aromatic rings. The molecular formula is C20H34O3. The van der Waals surface area contributed by atoms with Crippen LogP contribution in [0.25, 0.3) is 0 Å². The van der Waals surface area contributed by atoms with E-state index < -0.39 is 6.10 Å². The third kappa shape index (κ3) is 6.99. The van der Waals surface area contributed by atoms with Crippen molar-refractivity contribution < 1.29 is 14.7 Å². The Morgan fingerprint density at radius 2 is 1.74 bits per heavy atom. The van der Waals surface area contributed by atoms with Gasteiger partial charge in [-0.25, -0.2) is 0 Å². The lowest BCUT2D eigenvalue weighted by Crippen LogP contribution is -2.26. The molecule has 0 bridgehead atoms. The van der Waals surface area contributed by atoms with E-state index in [1.54, 1.807) is 0 Å². The Hall–Kier alpha value is -0.960. The second kappa shape index (κ2) is 9.36. The number of rotatable bonds is 1. The topological polar surface area (TPSA) is 54.4 Å². The molecule has 1 aliphatic carbocycles. The van der Waals surface area contributed by atoms with Gasteiger partial charge >= 0.3 is 0 Å². The van der Waals surface area contributed by atoms with Gasteiger partial charge in [-0.15, -0.1) is 0 Å². The third-order valence-electron chi connectivity index (χ3n) is 5.39. The molecule has 1 fully saturated rings. The summed E-state index contributed by atoms with van der Waals surface area (Å²) >= 11 is 0. The van der Waals surface area contributed by atoms with E-state index in [1.165, 1.54) is 0 Å². The number of hydrogen-bond donors (Lipinski definition) is 1. The van der Waals surface area contributed by atoms with E-state index in [-0.39, 0.29) is 29.5 Å². The maximum atomic E-state index is 12.2. The molecule has 23 heavy (non-hydrogen) atoms. The summed E-state index contributed by atoms with van der Waals surface area (Å²) in [5, 5.41) is 10.4. The second-order valence-corrected chi connectivity index (χ2v) is 7.86. The fourth-order valence-corrected chi connectivity index (χ4v) is 3.41. The zero-order valence-electron chi connectivity index (χ0n) is 15.3. The SMILES string of the molecule is C=C(C)C1CCC(C)C(=O)CCC(C)CC(=O)CC(C)C(O)C1. The van der Waals surface area contributed by atoms with Gasteiger partial charge in [0.1, 0.15) is 11.6 Å². The van der Waals surface area contributed by atoms with Gasteiger partial charge in [-0.05, 0) is 50.4 Å². The van der Waals surface area contributed by atoms with Crippen molar-refractivity contribution in [1.82, 2.24) is 0 Å². The van der Waals surface area contributed by atoms with Crippen LogP contribution in [0.2, 0.25) is 0 Å². The van der Waals surface area contributed by atoms with Crippen LogP contribution in [0.1, 0.15) is 72.6 Å². The summed E-state index contributed by atoms with van der Waals surface area (Å²) in [6.45, 7) is 12.0. The Morgan fingerprint density at radius 1 is 1.09 bits per heavy atom. The first-order chi connectivity index (χ1) is 10.7. The van der Waals surface area contributed by atoms with Gasteiger partial charge in [-0.1, -0.05) is 32.9 Å². The summed E-state index contributed by atoms with van der Waals surface area (Å²) in [7, 11) is 0. The number of ketones is 2. The van der Waals surface area contributed by atoms with Crippen molar-refractivity contribution >= 4 is 11.6 Å². The first-order valence-corrected chi connectivity index (χ1v) is 9.08. The van der Waals surface area contributed by atoms with Crippen molar-refractivity contribution in [2.75, 3.05) is 0 Å². The molecule has 3 heteroatoms. The molecule has 0 saturated heterocycles. The summed E-state index contributed by atoms with van der Waals surface area (Å²) in [6, 6.07) is 0. The first kappa shape index (κ1) is 20.1. The zero-order chi connectivity index (χ0) is 17.6. The Kier molecular flexibility index (Phi) is 8.18. The number of carbonyl (C=O) groups excluding carboxylic acids is 2. The maximum Gasteiger partial charge on any atom is 0.135 e. The van der Waals surface area contributed by atoms with E-state index in [0.717, 1.165) is 24.8 Å². The monoisotopic (exact) mass is 322 g/mol. The van der Waals surface area contributed by atoms with E-state index in [9.17, 15) is 14.7 Å². The van der Waals surface area contributed by atoms with Gasteiger partial charge in [0.25, 0.3) is 0 Å². The van der Waals surface area contributed by atoms with Crippen molar-refractivity contribution in [3.05, 3.63) is 12.2 Å². The molecule has 1 N–H and O–H groups in total. The maximum absolute atomic E-state index is 12.2. The lowest BCUT2D eigenvalue weighted by Gasteiger charge is -2.26. The fraction of sp³-hybridized carbons (Fsp3) is 0.800. The summed E-state index contributed by atoms with van der Waals surface area (Å²) in [6.07, 6.45) is 4.20. The van der Waals surface area contributed by atoms with Gasteiger partial charge in [0.2, 0.25) is 0 Å². The van der Waals surface area contributed by atoms with Crippen LogP contribution in [-0.4, -0.2) is 22.8 Å². The molecule has 3 nitrogen and oxygen atoms in total. The lowest BCUT2D eigenvalue weighted by molar-refractivity contribution is -0.124. The molecule has 5 atom stereocenters. The summed E-state index contributed by atoms with van der Waals surface area (Å²) < 4.78 is 0. The number of hydrogen-bond acceptors (Lipinski definition) is 3. The Bertz CT molecular complexity index is 427. The van der Waals surface area contributed by atoms with E-state index in [1.807, 2.05) is 27.7 Å². The van der Waals surface area contributed by atoms with E-state index in [4.69, 9.17) is 0 Å². The normalized spacial score (nSPS) is 35.6. The molecule has 0 heterocycles. The van der Waals surface area contributed by atoms with Crippen LogP contribution < -0.4 is 0 Å². The molecule has 1 saturated carbocycles. The van der Waals surface area contributed by atoms with E-state index >= 15 is 0 Å². The number of Topliss-reactive ketones (excluding diaryl/α,β-unsaturated/α-hetero) is 2. The molecule has 5 unspecified atom stereocenters. The molecule has 0 aromatic heterocycles. The van der Waals surface area contributed by atoms with Crippen LogP contribution in [-0.2, 0) is 9.59 Å². The smallest absolute Gasteiger partial charge is 0.135 e. The van der Waals surface area contributed by atoms with Crippen molar-refractivity contribution in [2.45, 2.75) is 78.7 Å². The predicted octanol–water partition coefficient (Wildman–Crippen LogP) is 4.33. The molecule has 1 aliphatic rings. The van der Waals surface area contributed by atoms with Crippen LogP contribution in [0.15, 0.2) is 12.2 Å². The molecule has 0 spiro atoms. The third-order valence-corrected chi connectivity index (χ3v) is 5.39. The van der Waals surface area contributed by atoms with E-state index in [2.05, 4.69) is 6.58 Å². The first-order valence-electron chi connectivity index (χ1n) is 9.08. The summed E-state index contributed by atoms with van der Waals surface area (Å²) in [4.78, 5) is 24.4. The molecule has 0 amide bonds. The average Bonchev–Trinajstić information content (AvgIpc) is 2.46.